The van der Waals surface area contributed by atoms with Crippen molar-refractivity contribution >= 4 is 32.8 Å². The van der Waals surface area contributed by atoms with Crippen molar-refractivity contribution in [3.63, 3.8) is 0 Å². The van der Waals surface area contributed by atoms with Crippen molar-refractivity contribution in [1.82, 2.24) is 4.90 Å². The normalized spacial score (nSPS) is 22.7. The molecular weight excluding hydrogens is 332 g/mol. The Hall–Kier alpha value is -1.33. The minimum atomic E-state index is -0.0512. The summed E-state index contributed by atoms with van der Waals surface area (Å²) >= 11 is 3.43. The van der Waals surface area contributed by atoms with Gasteiger partial charge in [0.05, 0.1) is 0 Å². The fourth-order valence-corrected chi connectivity index (χ4v) is 3.38. The van der Waals surface area contributed by atoms with E-state index in [0.717, 1.165) is 34.8 Å². The second-order valence-corrected chi connectivity index (χ2v) is 6.73. The van der Waals surface area contributed by atoms with Crippen LogP contribution in [0, 0.1) is 5.92 Å². The molecule has 1 amide bonds. The highest BCUT2D eigenvalue weighted by atomic mass is 79.9. The standard InChI is InChI=1S/C16H19BrN2O2/c1-10-4-5-19(13(6-10)9-18)16(20)15-8-11-7-12(17)2-3-14(11)21-15/h2-3,7-8,10,13H,4-6,9,18H2,1H3. The lowest BCUT2D eigenvalue weighted by Gasteiger charge is -2.37. The first kappa shape index (κ1) is 14.6. The number of rotatable bonds is 2. The van der Waals surface area contributed by atoms with E-state index in [4.69, 9.17) is 10.2 Å². The molecule has 2 atom stereocenters. The molecule has 2 heterocycles. The molecule has 2 N–H and O–H groups in total. The molecule has 21 heavy (non-hydrogen) atoms. The number of furan rings is 1. The predicted octanol–water partition coefficient (Wildman–Crippen LogP) is 3.39. The second kappa shape index (κ2) is 5.81. The van der Waals surface area contributed by atoms with Crippen molar-refractivity contribution in [2.24, 2.45) is 11.7 Å². The summed E-state index contributed by atoms with van der Waals surface area (Å²) in [4.78, 5) is 14.6. The summed E-state index contributed by atoms with van der Waals surface area (Å²) in [5, 5.41) is 0.933. The van der Waals surface area contributed by atoms with Gasteiger partial charge < -0.3 is 15.1 Å². The average Bonchev–Trinajstić information content (AvgIpc) is 2.89. The molecule has 2 unspecified atom stereocenters. The molecule has 4 nitrogen and oxygen atoms in total. The van der Waals surface area contributed by atoms with Gasteiger partial charge in [0, 0.05) is 29.0 Å². The molecule has 0 saturated carbocycles. The molecular formula is C16H19BrN2O2. The van der Waals surface area contributed by atoms with Gasteiger partial charge in [-0.2, -0.15) is 0 Å². The molecule has 112 valence electrons. The van der Waals surface area contributed by atoms with Crippen molar-refractivity contribution in [1.29, 1.82) is 0 Å². The monoisotopic (exact) mass is 350 g/mol. The highest BCUT2D eigenvalue weighted by molar-refractivity contribution is 9.10. The van der Waals surface area contributed by atoms with E-state index >= 15 is 0 Å². The summed E-state index contributed by atoms with van der Waals surface area (Å²) in [5.74, 6) is 0.968. The zero-order valence-electron chi connectivity index (χ0n) is 12.0. The van der Waals surface area contributed by atoms with E-state index in [9.17, 15) is 4.79 Å². The maximum atomic E-state index is 12.7. The van der Waals surface area contributed by atoms with Crippen LogP contribution in [0.15, 0.2) is 33.2 Å². The molecule has 0 spiro atoms. The fourth-order valence-electron chi connectivity index (χ4n) is 3.00. The van der Waals surface area contributed by atoms with E-state index in [1.807, 2.05) is 29.2 Å². The van der Waals surface area contributed by atoms with Crippen LogP contribution in [-0.2, 0) is 0 Å². The van der Waals surface area contributed by atoms with Gasteiger partial charge in [-0.15, -0.1) is 0 Å². The molecule has 5 heteroatoms. The first-order valence-electron chi connectivity index (χ1n) is 7.28. The van der Waals surface area contributed by atoms with E-state index in [1.165, 1.54) is 0 Å². The largest absolute Gasteiger partial charge is 0.451 e. The molecule has 3 rings (SSSR count). The number of piperidine rings is 1. The van der Waals surface area contributed by atoms with Crippen LogP contribution < -0.4 is 5.73 Å². The number of nitrogens with two attached hydrogens (primary N) is 1. The van der Waals surface area contributed by atoms with Gasteiger partial charge >= 0.3 is 0 Å². The van der Waals surface area contributed by atoms with Gasteiger partial charge in [-0.05, 0) is 43.0 Å². The molecule has 1 aliphatic rings. The lowest BCUT2D eigenvalue weighted by Crippen LogP contribution is -2.49. The minimum Gasteiger partial charge on any atom is -0.451 e. The van der Waals surface area contributed by atoms with Gasteiger partial charge in [-0.3, -0.25) is 4.79 Å². The number of hydrogen-bond donors (Lipinski definition) is 1. The number of benzene rings is 1. The van der Waals surface area contributed by atoms with Crippen LogP contribution in [0.3, 0.4) is 0 Å². The highest BCUT2D eigenvalue weighted by Crippen LogP contribution is 2.27. The molecule has 1 aromatic heterocycles. The van der Waals surface area contributed by atoms with Crippen molar-refractivity contribution in [2.45, 2.75) is 25.8 Å². The third kappa shape index (κ3) is 2.85. The van der Waals surface area contributed by atoms with E-state index < -0.39 is 0 Å². The molecule has 1 fully saturated rings. The van der Waals surface area contributed by atoms with Gasteiger partial charge in [0.15, 0.2) is 5.76 Å². The maximum absolute atomic E-state index is 12.7. The Bertz CT molecular complexity index is 667. The molecule has 1 saturated heterocycles. The van der Waals surface area contributed by atoms with Crippen molar-refractivity contribution < 1.29 is 9.21 Å². The molecule has 0 aliphatic carbocycles. The smallest absolute Gasteiger partial charge is 0.289 e. The molecule has 0 radical (unpaired) electrons. The van der Waals surface area contributed by atoms with Crippen LogP contribution in [0.4, 0.5) is 0 Å². The Morgan fingerprint density at radius 2 is 2.29 bits per heavy atom. The Labute approximate surface area is 132 Å². The minimum absolute atomic E-state index is 0.0512. The van der Waals surface area contributed by atoms with Crippen LogP contribution in [0.2, 0.25) is 0 Å². The van der Waals surface area contributed by atoms with E-state index in [2.05, 4.69) is 22.9 Å². The fraction of sp³-hybridized carbons (Fsp3) is 0.438. The first-order chi connectivity index (χ1) is 10.1. The molecule has 2 aromatic rings. The summed E-state index contributed by atoms with van der Waals surface area (Å²) < 4.78 is 6.68. The Kier molecular flexibility index (Phi) is 4.04. The third-order valence-electron chi connectivity index (χ3n) is 4.20. The number of fused-ring (bicyclic) bond motifs is 1. The number of carbonyl (C=O) groups excluding carboxylic acids is 1. The Morgan fingerprint density at radius 1 is 1.48 bits per heavy atom. The van der Waals surface area contributed by atoms with Crippen molar-refractivity contribution in [2.75, 3.05) is 13.1 Å². The second-order valence-electron chi connectivity index (χ2n) is 5.81. The van der Waals surface area contributed by atoms with Gasteiger partial charge in [-0.1, -0.05) is 22.9 Å². The number of likely N-dealkylation sites (tertiary alicyclic amines) is 1. The Morgan fingerprint density at radius 3 is 3.05 bits per heavy atom. The molecule has 1 aliphatic heterocycles. The van der Waals surface area contributed by atoms with Crippen LogP contribution in [0.1, 0.15) is 30.3 Å². The van der Waals surface area contributed by atoms with Gasteiger partial charge in [0.2, 0.25) is 0 Å². The zero-order chi connectivity index (χ0) is 15.0. The average molecular weight is 351 g/mol. The van der Waals surface area contributed by atoms with E-state index in [-0.39, 0.29) is 11.9 Å². The van der Waals surface area contributed by atoms with E-state index in [0.29, 0.717) is 18.2 Å². The van der Waals surface area contributed by atoms with Crippen molar-refractivity contribution in [3.05, 3.63) is 34.5 Å². The number of hydrogen-bond acceptors (Lipinski definition) is 3. The summed E-state index contributed by atoms with van der Waals surface area (Å²) in [5.41, 5.74) is 6.57. The van der Waals surface area contributed by atoms with E-state index in [1.54, 1.807) is 0 Å². The van der Waals surface area contributed by atoms with Crippen molar-refractivity contribution in [3.8, 4) is 0 Å². The summed E-state index contributed by atoms with van der Waals surface area (Å²) in [6, 6.07) is 7.66. The van der Waals surface area contributed by atoms with Crippen LogP contribution in [-0.4, -0.2) is 29.9 Å². The SMILES string of the molecule is CC1CCN(C(=O)c2cc3cc(Br)ccc3o2)C(CN)C1. The summed E-state index contributed by atoms with van der Waals surface area (Å²) in [6.45, 7) is 3.47. The lowest BCUT2D eigenvalue weighted by atomic mass is 9.92. The zero-order valence-corrected chi connectivity index (χ0v) is 13.6. The number of halogens is 1. The topological polar surface area (TPSA) is 59.5 Å². The van der Waals surface area contributed by atoms with Crippen LogP contribution in [0.25, 0.3) is 11.0 Å². The number of nitrogens with zero attached hydrogens (tertiary/aromatic N) is 1. The van der Waals surface area contributed by atoms with Gasteiger partial charge in [0.25, 0.3) is 5.91 Å². The molecule has 1 aromatic carbocycles. The maximum Gasteiger partial charge on any atom is 0.289 e. The van der Waals surface area contributed by atoms with Crippen LogP contribution >= 0.6 is 15.9 Å². The van der Waals surface area contributed by atoms with Gasteiger partial charge in [-0.25, -0.2) is 0 Å². The third-order valence-corrected chi connectivity index (χ3v) is 4.69. The van der Waals surface area contributed by atoms with Crippen LogP contribution in [0.5, 0.6) is 0 Å². The number of carbonyl (C=O) groups is 1. The quantitative estimate of drug-likeness (QED) is 0.902. The molecule has 0 bridgehead atoms. The first-order valence-corrected chi connectivity index (χ1v) is 8.08. The Balaban J connectivity index is 1.88. The summed E-state index contributed by atoms with van der Waals surface area (Å²) in [6.07, 6.45) is 1.99. The number of amides is 1. The van der Waals surface area contributed by atoms with Gasteiger partial charge in [0.1, 0.15) is 5.58 Å². The summed E-state index contributed by atoms with van der Waals surface area (Å²) in [7, 11) is 0. The lowest BCUT2D eigenvalue weighted by molar-refractivity contribution is 0.0544. The predicted molar refractivity (Wildman–Crippen MR) is 86.2 cm³/mol. The highest BCUT2D eigenvalue weighted by Gasteiger charge is 2.31.